The maximum Gasteiger partial charge on any atom is 0.138 e. The normalized spacial score (nSPS) is 30.6. The minimum Gasteiger partial charge on any atom is -0.611 e. The number of fused-ring (bicyclic) bond motifs is 1. The molecule has 3 nitrogen and oxygen atoms in total. The highest BCUT2D eigenvalue weighted by molar-refractivity contribution is 7.95. The minimum absolute atomic E-state index is 0.493. The van der Waals surface area contributed by atoms with E-state index in [1.165, 1.54) is 16.1 Å². The third kappa shape index (κ3) is 1.75. The summed E-state index contributed by atoms with van der Waals surface area (Å²) < 4.78 is 12.2. The smallest absolute Gasteiger partial charge is 0.138 e. The number of hydrogen-bond acceptors (Lipinski definition) is 2. The lowest BCUT2D eigenvalue weighted by atomic mass is 9.92. The first-order valence-electron chi connectivity index (χ1n) is 5.80. The summed E-state index contributed by atoms with van der Waals surface area (Å²) in [7, 11) is 0. The molecule has 1 unspecified atom stereocenters. The summed E-state index contributed by atoms with van der Waals surface area (Å²) in [6.07, 6.45) is 6.01. The van der Waals surface area contributed by atoms with E-state index in [-0.39, 0.29) is 0 Å². The molecule has 0 aromatic carbocycles. The standard InChI is InChI=1S/C12H15N2OS/c15-16-8-10-3-6-14-7-11(10)12(16)9-1-4-13-5-2-9/h3,6,9H,1-2,4-5,7-8H2. The fourth-order valence-corrected chi connectivity index (χ4v) is 4.45. The van der Waals surface area contributed by atoms with Gasteiger partial charge in [-0.2, -0.15) is 0 Å². The van der Waals surface area contributed by atoms with E-state index in [2.05, 4.69) is 10.3 Å². The topological polar surface area (TPSA) is 49.5 Å². The number of allylic oxidation sites excluding steroid dienone is 2. The Labute approximate surface area is 98.9 Å². The maximum absolute atomic E-state index is 12.2. The van der Waals surface area contributed by atoms with Crippen molar-refractivity contribution in [1.82, 2.24) is 5.32 Å². The van der Waals surface area contributed by atoms with Crippen LogP contribution >= 0.6 is 0 Å². The van der Waals surface area contributed by atoms with Crippen LogP contribution in [0, 0.1) is 5.92 Å². The highest BCUT2D eigenvalue weighted by Crippen LogP contribution is 2.39. The summed E-state index contributed by atoms with van der Waals surface area (Å²) in [4.78, 5) is 5.47. The molecule has 1 fully saturated rings. The van der Waals surface area contributed by atoms with E-state index in [1.54, 1.807) is 0 Å². The third-order valence-electron chi connectivity index (χ3n) is 3.49. The summed E-state index contributed by atoms with van der Waals surface area (Å²) in [5.41, 5.74) is 2.53. The van der Waals surface area contributed by atoms with Gasteiger partial charge < -0.3 is 4.55 Å². The molecule has 0 aliphatic carbocycles. The summed E-state index contributed by atoms with van der Waals surface area (Å²) >= 11 is -0.788. The Morgan fingerprint density at radius 2 is 2.12 bits per heavy atom. The molecule has 0 bridgehead atoms. The van der Waals surface area contributed by atoms with Gasteiger partial charge in [-0.05, 0) is 30.1 Å². The van der Waals surface area contributed by atoms with Crippen LogP contribution in [0.25, 0.3) is 0 Å². The van der Waals surface area contributed by atoms with Gasteiger partial charge in [0.1, 0.15) is 10.7 Å². The van der Waals surface area contributed by atoms with Crippen molar-refractivity contribution < 1.29 is 4.55 Å². The first kappa shape index (κ1) is 10.6. The van der Waals surface area contributed by atoms with Crippen LogP contribution in [-0.2, 0) is 11.2 Å². The second kappa shape index (κ2) is 4.35. The average Bonchev–Trinajstić information content (AvgIpc) is 2.66. The monoisotopic (exact) mass is 235 g/mol. The number of nitrogens with zero attached hydrogens (tertiary/aromatic N) is 2. The van der Waals surface area contributed by atoms with Crippen molar-refractivity contribution >= 4 is 17.4 Å². The van der Waals surface area contributed by atoms with Crippen molar-refractivity contribution in [2.45, 2.75) is 12.8 Å². The molecule has 3 heterocycles. The van der Waals surface area contributed by atoms with E-state index in [1.807, 2.05) is 12.3 Å². The fourth-order valence-electron chi connectivity index (χ4n) is 2.66. The van der Waals surface area contributed by atoms with Gasteiger partial charge in [0, 0.05) is 36.4 Å². The Hall–Kier alpha value is -0.580. The lowest BCUT2D eigenvalue weighted by Crippen LogP contribution is -2.26. The molecular weight excluding hydrogens is 220 g/mol. The summed E-state index contributed by atoms with van der Waals surface area (Å²) in [5, 5.41) is 4.36. The third-order valence-corrected chi connectivity index (χ3v) is 5.13. The van der Waals surface area contributed by atoms with Crippen LogP contribution in [0.4, 0.5) is 0 Å². The molecule has 3 aliphatic heterocycles. The second-order valence-corrected chi connectivity index (χ2v) is 5.88. The largest absolute Gasteiger partial charge is 0.611 e. The highest BCUT2D eigenvalue weighted by atomic mass is 32.2. The van der Waals surface area contributed by atoms with Gasteiger partial charge in [-0.3, -0.25) is 4.99 Å². The van der Waals surface area contributed by atoms with Gasteiger partial charge in [0.2, 0.25) is 0 Å². The number of piperidine rings is 1. The molecule has 3 rings (SSSR count). The fraction of sp³-hybridized carbons (Fsp3) is 0.583. The van der Waals surface area contributed by atoms with Crippen molar-refractivity contribution in [2.75, 3.05) is 25.4 Å². The van der Waals surface area contributed by atoms with Crippen molar-refractivity contribution in [3.05, 3.63) is 22.1 Å². The molecule has 3 aliphatic rings. The Balaban J connectivity index is 1.91. The van der Waals surface area contributed by atoms with Crippen molar-refractivity contribution in [1.29, 1.82) is 0 Å². The number of rotatable bonds is 1. The summed E-state index contributed by atoms with van der Waals surface area (Å²) in [6.45, 7) is 2.60. The number of dihydropyridines is 1. The molecule has 16 heavy (non-hydrogen) atoms. The Kier molecular flexibility index (Phi) is 2.88. The van der Waals surface area contributed by atoms with Gasteiger partial charge >= 0.3 is 0 Å². The van der Waals surface area contributed by atoms with Crippen molar-refractivity contribution in [3.63, 3.8) is 0 Å². The van der Waals surface area contributed by atoms with Crippen LogP contribution in [0.5, 0.6) is 0 Å². The molecule has 85 valence electrons. The van der Waals surface area contributed by atoms with E-state index in [9.17, 15) is 4.55 Å². The first-order valence-corrected chi connectivity index (χ1v) is 7.12. The molecule has 1 radical (unpaired) electrons. The molecule has 4 heteroatoms. The molecule has 1 atom stereocenters. The van der Waals surface area contributed by atoms with Gasteiger partial charge in [-0.15, -0.1) is 0 Å². The van der Waals surface area contributed by atoms with Gasteiger partial charge in [-0.1, -0.05) is 0 Å². The van der Waals surface area contributed by atoms with Gasteiger partial charge in [0.15, 0.2) is 0 Å². The second-order valence-electron chi connectivity index (χ2n) is 4.46. The van der Waals surface area contributed by atoms with Crippen LogP contribution in [0.15, 0.2) is 27.1 Å². The lowest BCUT2D eigenvalue weighted by molar-refractivity contribution is 0.421. The summed E-state index contributed by atoms with van der Waals surface area (Å²) in [5.74, 6) is 1.21. The van der Waals surface area contributed by atoms with Gasteiger partial charge in [0.25, 0.3) is 0 Å². The predicted molar refractivity (Wildman–Crippen MR) is 66.1 cm³/mol. The van der Waals surface area contributed by atoms with Gasteiger partial charge in [0.05, 0.1) is 6.54 Å². The maximum atomic E-state index is 12.2. The molecule has 0 N–H and O–H groups in total. The van der Waals surface area contributed by atoms with Crippen LogP contribution in [0.2, 0.25) is 0 Å². The molecule has 0 amide bonds. The van der Waals surface area contributed by atoms with Crippen LogP contribution in [0.1, 0.15) is 12.8 Å². The van der Waals surface area contributed by atoms with Crippen LogP contribution < -0.4 is 5.32 Å². The minimum atomic E-state index is -0.788. The van der Waals surface area contributed by atoms with Crippen molar-refractivity contribution in [2.24, 2.45) is 10.9 Å². The number of aliphatic imine (C=N–C) groups is 1. The van der Waals surface area contributed by atoms with E-state index in [0.29, 0.717) is 11.7 Å². The zero-order chi connectivity index (χ0) is 11.0. The number of hydrogen-bond donors (Lipinski definition) is 0. The zero-order valence-corrected chi connectivity index (χ0v) is 10.0. The highest BCUT2D eigenvalue weighted by Gasteiger charge is 2.38. The lowest BCUT2D eigenvalue weighted by Gasteiger charge is -2.23. The van der Waals surface area contributed by atoms with E-state index in [4.69, 9.17) is 0 Å². The zero-order valence-electron chi connectivity index (χ0n) is 9.19. The molecule has 0 aromatic heterocycles. The molecule has 1 saturated heterocycles. The Bertz CT molecular complexity index is 380. The van der Waals surface area contributed by atoms with Gasteiger partial charge in [-0.25, -0.2) is 5.32 Å². The quantitative estimate of drug-likeness (QED) is 0.626. The van der Waals surface area contributed by atoms with E-state index in [0.717, 1.165) is 32.5 Å². The van der Waals surface area contributed by atoms with E-state index < -0.39 is 11.2 Å². The van der Waals surface area contributed by atoms with Crippen LogP contribution in [-0.4, -0.2) is 36.2 Å². The van der Waals surface area contributed by atoms with Crippen LogP contribution in [0.3, 0.4) is 0 Å². The molecule has 0 aromatic rings. The first-order chi connectivity index (χ1) is 7.86. The molecule has 0 spiro atoms. The average molecular weight is 235 g/mol. The summed E-state index contributed by atoms with van der Waals surface area (Å²) in [6, 6.07) is 0. The Morgan fingerprint density at radius 1 is 1.31 bits per heavy atom. The SMILES string of the molecule is [O-][S+]1CC2=CC=NCC2=C1C1CC[N]CC1. The predicted octanol–water partition coefficient (Wildman–Crippen LogP) is 1.03. The molecular formula is C12H15N2OS. The Morgan fingerprint density at radius 3 is 2.94 bits per heavy atom. The van der Waals surface area contributed by atoms with E-state index >= 15 is 0 Å². The molecule has 0 saturated carbocycles. The van der Waals surface area contributed by atoms with Crippen molar-refractivity contribution in [3.8, 4) is 0 Å².